The maximum absolute atomic E-state index is 12.4. The van der Waals surface area contributed by atoms with E-state index in [4.69, 9.17) is 16.3 Å². The molecule has 0 spiro atoms. The Hall–Kier alpha value is -1.46. The summed E-state index contributed by atoms with van der Waals surface area (Å²) in [6, 6.07) is 2.86. The Morgan fingerprint density at radius 3 is 2.55 bits per heavy atom. The molecule has 1 aromatic carbocycles. The fraction of sp³-hybridized carbons (Fsp3) is 0.562. The van der Waals surface area contributed by atoms with Crippen molar-refractivity contribution in [3.05, 3.63) is 22.7 Å². The van der Waals surface area contributed by atoms with Gasteiger partial charge in [-0.2, -0.15) is 0 Å². The summed E-state index contributed by atoms with van der Waals surface area (Å²) in [6.07, 6.45) is 0. The number of nitrogens with one attached hydrogen (secondary N) is 1. The van der Waals surface area contributed by atoms with Gasteiger partial charge < -0.3 is 20.1 Å². The molecule has 0 heterocycles. The summed E-state index contributed by atoms with van der Waals surface area (Å²) in [6.45, 7) is 7.01. The number of carbonyl (C=O) groups excluding carboxylic acids is 1. The fourth-order valence-corrected chi connectivity index (χ4v) is 2.50. The summed E-state index contributed by atoms with van der Waals surface area (Å²) < 4.78 is 5.02. The monoisotopic (exact) mass is 328 g/mol. The number of nitrogens with zero attached hydrogens (tertiary/aromatic N) is 1. The van der Waals surface area contributed by atoms with Crippen molar-refractivity contribution in [2.45, 2.75) is 26.8 Å². The van der Waals surface area contributed by atoms with Crippen molar-refractivity contribution >= 4 is 17.5 Å². The molecule has 0 aliphatic carbocycles. The standard InChI is InChI=1S/C16H25ClN2O3/c1-10(16(2,3)9-19(4)5)18-15(21)11-7-12(17)14(20)13(8-11)22-6/h7-8,10,20H,9H2,1-6H3,(H,18,21). The molecule has 0 saturated carbocycles. The first-order chi connectivity index (χ1) is 10.1. The Bertz CT molecular complexity index is 544. The quantitative estimate of drug-likeness (QED) is 0.843. The van der Waals surface area contributed by atoms with Gasteiger partial charge >= 0.3 is 0 Å². The van der Waals surface area contributed by atoms with Crippen molar-refractivity contribution in [2.75, 3.05) is 27.7 Å². The number of amides is 1. The van der Waals surface area contributed by atoms with Crippen LogP contribution in [0.1, 0.15) is 31.1 Å². The van der Waals surface area contributed by atoms with Gasteiger partial charge in [-0.25, -0.2) is 0 Å². The number of carbonyl (C=O) groups is 1. The molecule has 0 saturated heterocycles. The average molecular weight is 329 g/mol. The number of aromatic hydroxyl groups is 1. The summed E-state index contributed by atoms with van der Waals surface area (Å²) in [5.41, 5.74) is 0.261. The number of phenols is 1. The summed E-state index contributed by atoms with van der Waals surface area (Å²) >= 11 is 5.92. The zero-order valence-corrected chi connectivity index (χ0v) is 14.8. The van der Waals surface area contributed by atoms with E-state index in [1.54, 1.807) is 0 Å². The van der Waals surface area contributed by atoms with E-state index in [1.807, 2.05) is 21.0 Å². The largest absolute Gasteiger partial charge is 0.503 e. The Kier molecular flexibility index (Phi) is 6.08. The minimum atomic E-state index is -0.250. The van der Waals surface area contributed by atoms with E-state index in [0.717, 1.165) is 6.54 Å². The predicted octanol–water partition coefficient (Wildman–Crippen LogP) is 2.76. The van der Waals surface area contributed by atoms with Gasteiger partial charge in [-0.15, -0.1) is 0 Å². The first-order valence-electron chi connectivity index (χ1n) is 7.10. The molecule has 1 atom stereocenters. The van der Waals surface area contributed by atoms with E-state index in [1.165, 1.54) is 19.2 Å². The minimum Gasteiger partial charge on any atom is -0.503 e. The number of rotatable bonds is 6. The molecular weight excluding hydrogens is 304 g/mol. The first kappa shape index (κ1) is 18.6. The first-order valence-corrected chi connectivity index (χ1v) is 7.48. The Labute approximate surface area is 137 Å². The lowest BCUT2D eigenvalue weighted by atomic mass is 9.84. The van der Waals surface area contributed by atoms with Crippen molar-refractivity contribution < 1.29 is 14.6 Å². The molecule has 0 aliphatic heterocycles. The maximum Gasteiger partial charge on any atom is 0.251 e. The number of methoxy groups -OCH3 is 1. The molecule has 22 heavy (non-hydrogen) atoms. The summed E-state index contributed by atoms with van der Waals surface area (Å²) in [5.74, 6) is -0.237. The van der Waals surface area contributed by atoms with Crippen molar-refractivity contribution in [3.63, 3.8) is 0 Å². The predicted molar refractivity (Wildman–Crippen MR) is 88.9 cm³/mol. The SMILES string of the molecule is COc1cc(C(=O)NC(C)C(C)(C)CN(C)C)cc(Cl)c1O. The molecule has 5 nitrogen and oxygen atoms in total. The summed E-state index contributed by atoms with van der Waals surface area (Å²) in [5, 5.41) is 12.8. The van der Waals surface area contributed by atoms with Gasteiger partial charge in [0.15, 0.2) is 11.5 Å². The van der Waals surface area contributed by atoms with E-state index in [-0.39, 0.29) is 33.9 Å². The van der Waals surface area contributed by atoms with Gasteiger partial charge in [-0.05, 0) is 38.6 Å². The van der Waals surface area contributed by atoms with Crippen LogP contribution in [0.25, 0.3) is 0 Å². The number of ether oxygens (including phenoxy) is 1. The molecule has 0 radical (unpaired) electrons. The van der Waals surface area contributed by atoms with Crippen molar-refractivity contribution in [1.82, 2.24) is 10.2 Å². The van der Waals surface area contributed by atoms with Crippen LogP contribution in [0.2, 0.25) is 5.02 Å². The molecule has 0 bridgehead atoms. The van der Waals surface area contributed by atoms with Crippen LogP contribution in [0, 0.1) is 5.41 Å². The molecule has 0 aromatic heterocycles. The van der Waals surface area contributed by atoms with Gasteiger partial charge in [0.25, 0.3) is 5.91 Å². The lowest BCUT2D eigenvalue weighted by molar-refractivity contribution is 0.0885. The molecule has 1 rings (SSSR count). The highest BCUT2D eigenvalue weighted by Crippen LogP contribution is 2.35. The zero-order valence-electron chi connectivity index (χ0n) is 14.0. The lowest BCUT2D eigenvalue weighted by Crippen LogP contribution is -2.47. The molecule has 1 aromatic rings. The van der Waals surface area contributed by atoms with Crippen molar-refractivity contribution in [2.24, 2.45) is 5.41 Å². The molecule has 124 valence electrons. The molecule has 1 amide bonds. The Morgan fingerprint density at radius 2 is 2.05 bits per heavy atom. The van der Waals surface area contributed by atoms with Crippen molar-refractivity contribution in [3.8, 4) is 11.5 Å². The number of hydrogen-bond donors (Lipinski definition) is 2. The molecule has 2 N–H and O–H groups in total. The van der Waals surface area contributed by atoms with Gasteiger partial charge in [0.2, 0.25) is 0 Å². The van der Waals surface area contributed by atoms with Crippen LogP contribution in [-0.4, -0.2) is 49.7 Å². The van der Waals surface area contributed by atoms with Gasteiger partial charge in [0.1, 0.15) is 0 Å². The highest BCUT2D eigenvalue weighted by molar-refractivity contribution is 6.32. The highest BCUT2D eigenvalue weighted by Gasteiger charge is 2.28. The third-order valence-corrected chi connectivity index (χ3v) is 4.04. The second-order valence-electron chi connectivity index (χ2n) is 6.43. The third kappa shape index (κ3) is 4.52. The highest BCUT2D eigenvalue weighted by atomic mass is 35.5. The van der Waals surface area contributed by atoms with Crippen LogP contribution in [-0.2, 0) is 0 Å². The fourth-order valence-electron chi connectivity index (χ4n) is 2.29. The smallest absolute Gasteiger partial charge is 0.251 e. The van der Waals surface area contributed by atoms with E-state index in [9.17, 15) is 9.90 Å². The van der Waals surface area contributed by atoms with Crippen LogP contribution in [0.5, 0.6) is 11.5 Å². The van der Waals surface area contributed by atoms with E-state index in [0.29, 0.717) is 5.56 Å². The molecular formula is C16H25ClN2O3. The van der Waals surface area contributed by atoms with Crippen LogP contribution < -0.4 is 10.1 Å². The van der Waals surface area contributed by atoms with Crippen molar-refractivity contribution in [1.29, 1.82) is 0 Å². The molecule has 0 aliphatic rings. The molecule has 0 fully saturated rings. The van der Waals surface area contributed by atoms with E-state index < -0.39 is 0 Å². The van der Waals surface area contributed by atoms with Crippen LogP contribution in [0.3, 0.4) is 0 Å². The van der Waals surface area contributed by atoms with Gasteiger partial charge in [-0.3, -0.25) is 4.79 Å². The van der Waals surface area contributed by atoms with Gasteiger partial charge in [0.05, 0.1) is 12.1 Å². The zero-order chi connectivity index (χ0) is 17.1. The van der Waals surface area contributed by atoms with Gasteiger partial charge in [0, 0.05) is 18.2 Å². The number of benzene rings is 1. The van der Waals surface area contributed by atoms with E-state index in [2.05, 4.69) is 24.1 Å². The molecule has 1 unspecified atom stereocenters. The number of halogens is 1. The lowest BCUT2D eigenvalue weighted by Gasteiger charge is -2.34. The summed E-state index contributed by atoms with van der Waals surface area (Å²) in [4.78, 5) is 14.5. The van der Waals surface area contributed by atoms with Crippen LogP contribution in [0.4, 0.5) is 0 Å². The number of hydrogen-bond acceptors (Lipinski definition) is 4. The maximum atomic E-state index is 12.4. The van der Waals surface area contributed by atoms with E-state index >= 15 is 0 Å². The summed E-state index contributed by atoms with van der Waals surface area (Å²) in [7, 11) is 5.41. The van der Waals surface area contributed by atoms with Gasteiger partial charge in [-0.1, -0.05) is 25.4 Å². The second-order valence-corrected chi connectivity index (χ2v) is 6.84. The normalized spacial score (nSPS) is 13.1. The topological polar surface area (TPSA) is 61.8 Å². The van der Waals surface area contributed by atoms with Crippen LogP contribution >= 0.6 is 11.6 Å². The molecule has 6 heteroatoms. The minimum absolute atomic E-state index is 0.0408. The van der Waals surface area contributed by atoms with Crippen LogP contribution in [0.15, 0.2) is 12.1 Å². The Balaban J connectivity index is 2.92. The Morgan fingerprint density at radius 1 is 1.45 bits per heavy atom. The average Bonchev–Trinajstić information content (AvgIpc) is 2.39. The number of phenolic OH excluding ortho intramolecular Hbond substituents is 1. The third-order valence-electron chi connectivity index (χ3n) is 3.75. The second kappa shape index (κ2) is 7.20.